The van der Waals surface area contributed by atoms with Crippen LogP contribution in [0.4, 0.5) is 0 Å². The highest BCUT2D eigenvalue weighted by atomic mass is 28.4. The van der Waals surface area contributed by atoms with E-state index in [1.165, 1.54) is 0 Å². The van der Waals surface area contributed by atoms with Crippen LogP contribution < -0.4 is 4.43 Å². The van der Waals surface area contributed by atoms with E-state index in [-0.39, 0.29) is 24.0 Å². The lowest BCUT2D eigenvalue weighted by Gasteiger charge is -2.36. The first-order chi connectivity index (χ1) is 13.0. The molecule has 0 fully saturated rings. The molecule has 0 aliphatic carbocycles. The van der Waals surface area contributed by atoms with Gasteiger partial charge >= 0.3 is 5.97 Å². The number of rotatable bonds is 7. The molecule has 0 saturated heterocycles. The molecule has 2 aromatic carbocycles. The Morgan fingerprint density at radius 2 is 1.75 bits per heavy atom. The van der Waals surface area contributed by atoms with E-state index < -0.39 is 8.32 Å². The molecule has 3 nitrogen and oxygen atoms in total. The molecule has 0 amide bonds. The van der Waals surface area contributed by atoms with Gasteiger partial charge in [-0.2, -0.15) is 0 Å². The number of benzene rings is 2. The van der Waals surface area contributed by atoms with Crippen LogP contribution in [0.3, 0.4) is 0 Å². The molecule has 0 N–H and O–H groups in total. The molecular formula is C24H32O3Si. The topological polar surface area (TPSA) is 35.5 Å². The van der Waals surface area contributed by atoms with Gasteiger partial charge in [-0.3, -0.25) is 4.79 Å². The van der Waals surface area contributed by atoms with Gasteiger partial charge in [0.1, 0.15) is 12.4 Å². The van der Waals surface area contributed by atoms with E-state index in [2.05, 4.69) is 58.6 Å². The average Bonchev–Trinajstić information content (AvgIpc) is 2.61. The molecule has 0 heterocycles. The molecular weight excluding hydrogens is 364 g/mol. The van der Waals surface area contributed by atoms with Gasteiger partial charge in [-0.05, 0) is 59.4 Å². The van der Waals surface area contributed by atoms with Crippen molar-refractivity contribution in [3.05, 3.63) is 66.2 Å². The fraction of sp³-hybridized carbons (Fsp3) is 0.375. The Morgan fingerprint density at radius 1 is 1.11 bits per heavy atom. The molecule has 2 rings (SSSR count). The van der Waals surface area contributed by atoms with Crippen LogP contribution in [-0.4, -0.2) is 20.9 Å². The normalized spacial score (nSPS) is 11.8. The lowest BCUT2D eigenvalue weighted by atomic mass is 9.95. The monoisotopic (exact) mass is 396 g/mol. The summed E-state index contributed by atoms with van der Waals surface area (Å²) in [7, 11) is -1.85. The molecule has 2 aromatic rings. The predicted molar refractivity (Wildman–Crippen MR) is 119 cm³/mol. The Morgan fingerprint density at radius 3 is 2.32 bits per heavy atom. The summed E-state index contributed by atoms with van der Waals surface area (Å²) >= 11 is 0. The lowest BCUT2D eigenvalue weighted by Crippen LogP contribution is -2.43. The maximum atomic E-state index is 11.9. The molecule has 150 valence electrons. The third kappa shape index (κ3) is 5.35. The summed E-state index contributed by atoms with van der Waals surface area (Å²) in [5.41, 5.74) is 4.30. The molecule has 0 unspecified atom stereocenters. The fourth-order valence-electron chi connectivity index (χ4n) is 2.70. The van der Waals surface area contributed by atoms with Gasteiger partial charge in [0.2, 0.25) is 8.32 Å². The minimum Gasteiger partial charge on any atom is -0.544 e. The molecule has 0 aliphatic heterocycles. The number of hydrogen-bond acceptors (Lipinski definition) is 3. The van der Waals surface area contributed by atoms with Crippen LogP contribution in [0.2, 0.25) is 18.1 Å². The number of esters is 1. The first-order valence-electron chi connectivity index (χ1n) is 9.69. The molecule has 4 heteroatoms. The number of hydrogen-bond donors (Lipinski definition) is 0. The second-order valence-electron chi connectivity index (χ2n) is 8.62. The average molecular weight is 397 g/mol. The summed E-state index contributed by atoms with van der Waals surface area (Å²) in [6.07, 6.45) is 1.84. The van der Waals surface area contributed by atoms with Gasteiger partial charge in [-0.15, -0.1) is 0 Å². The van der Waals surface area contributed by atoms with E-state index in [9.17, 15) is 4.79 Å². The van der Waals surface area contributed by atoms with Crippen molar-refractivity contribution in [2.24, 2.45) is 0 Å². The van der Waals surface area contributed by atoms with Crippen molar-refractivity contribution in [2.45, 2.75) is 52.2 Å². The van der Waals surface area contributed by atoms with Crippen molar-refractivity contribution in [3.63, 3.8) is 0 Å². The maximum absolute atomic E-state index is 11.9. The van der Waals surface area contributed by atoms with Crippen LogP contribution in [0.5, 0.6) is 5.75 Å². The zero-order valence-electron chi connectivity index (χ0n) is 18.0. The van der Waals surface area contributed by atoms with Crippen LogP contribution in [0, 0.1) is 6.92 Å². The fourth-order valence-corrected chi connectivity index (χ4v) is 3.73. The van der Waals surface area contributed by atoms with Crippen molar-refractivity contribution >= 4 is 14.3 Å². The molecule has 0 bridgehead atoms. The standard InChI is InChI=1S/C24H32O3Si/c1-8-16-26-23(25)17-20-10-9-11-22(18(20)2)19-12-14-21(15-13-19)27-28(6,7)24(3,4)5/h8-15H,1,16-17H2,2-7H3. The molecule has 0 spiro atoms. The van der Waals surface area contributed by atoms with Gasteiger partial charge in [-0.25, -0.2) is 0 Å². The van der Waals surface area contributed by atoms with Crippen molar-refractivity contribution in [1.29, 1.82) is 0 Å². The van der Waals surface area contributed by atoms with E-state index >= 15 is 0 Å². The molecule has 0 radical (unpaired) electrons. The third-order valence-electron chi connectivity index (χ3n) is 5.49. The molecule has 0 aliphatic rings. The summed E-state index contributed by atoms with van der Waals surface area (Å²) in [6, 6.07) is 14.3. The van der Waals surface area contributed by atoms with E-state index in [1.807, 2.05) is 31.2 Å². The van der Waals surface area contributed by atoms with E-state index in [4.69, 9.17) is 9.16 Å². The summed E-state index contributed by atoms with van der Waals surface area (Å²) in [5, 5.41) is 0.163. The van der Waals surface area contributed by atoms with Crippen LogP contribution in [0.15, 0.2) is 55.1 Å². The first kappa shape index (κ1) is 22.0. The van der Waals surface area contributed by atoms with E-state index in [0.717, 1.165) is 28.0 Å². The first-order valence-corrected chi connectivity index (χ1v) is 12.6. The highest BCUT2D eigenvalue weighted by molar-refractivity contribution is 6.74. The van der Waals surface area contributed by atoms with E-state index in [0.29, 0.717) is 0 Å². The van der Waals surface area contributed by atoms with Gasteiger partial charge < -0.3 is 9.16 Å². The minimum atomic E-state index is -1.85. The third-order valence-corrected chi connectivity index (χ3v) is 9.85. The Kier molecular flexibility index (Phi) is 6.89. The summed E-state index contributed by atoms with van der Waals surface area (Å²) in [5.74, 6) is 0.676. The van der Waals surface area contributed by atoms with Crippen molar-refractivity contribution in [2.75, 3.05) is 6.61 Å². The van der Waals surface area contributed by atoms with E-state index in [1.54, 1.807) is 6.08 Å². The van der Waals surface area contributed by atoms with Crippen LogP contribution in [-0.2, 0) is 16.0 Å². The summed E-state index contributed by atoms with van der Waals surface area (Å²) < 4.78 is 11.5. The van der Waals surface area contributed by atoms with Gasteiger partial charge in [0.15, 0.2) is 0 Å². The van der Waals surface area contributed by atoms with Gasteiger partial charge in [0.05, 0.1) is 6.42 Å². The van der Waals surface area contributed by atoms with Crippen LogP contribution in [0.25, 0.3) is 11.1 Å². The number of carbonyl (C=O) groups is 1. The van der Waals surface area contributed by atoms with Gasteiger partial charge in [0.25, 0.3) is 0 Å². The van der Waals surface area contributed by atoms with Crippen LogP contribution >= 0.6 is 0 Å². The Hall–Kier alpha value is -2.33. The predicted octanol–water partition coefficient (Wildman–Crippen LogP) is 6.32. The Balaban J connectivity index is 2.21. The smallest absolute Gasteiger partial charge is 0.310 e. The second-order valence-corrected chi connectivity index (χ2v) is 13.3. The Bertz CT molecular complexity index is 830. The highest BCUT2D eigenvalue weighted by Crippen LogP contribution is 2.38. The minimum absolute atomic E-state index is 0.163. The summed E-state index contributed by atoms with van der Waals surface area (Å²) in [4.78, 5) is 11.9. The van der Waals surface area contributed by atoms with Crippen molar-refractivity contribution in [1.82, 2.24) is 0 Å². The van der Waals surface area contributed by atoms with Gasteiger partial charge in [-0.1, -0.05) is 63.8 Å². The second kappa shape index (κ2) is 8.78. The zero-order chi connectivity index (χ0) is 20.9. The molecule has 28 heavy (non-hydrogen) atoms. The molecule has 0 saturated carbocycles. The highest BCUT2D eigenvalue weighted by Gasteiger charge is 2.38. The number of ether oxygens (including phenoxy) is 1. The summed E-state index contributed by atoms with van der Waals surface area (Å²) in [6.45, 7) is 17.1. The quantitative estimate of drug-likeness (QED) is 0.312. The Labute approximate surface area is 170 Å². The van der Waals surface area contributed by atoms with Crippen molar-refractivity contribution < 1.29 is 14.0 Å². The molecule has 0 atom stereocenters. The van der Waals surface area contributed by atoms with Gasteiger partial charge in [0, 0.05) is 0 Å². The van der Waals surface area contributed by atoms with Crippen LogP contribution in [0.1, 0.15) is 31.9 Å². The largest absolute Gasteiger partial charge is 0.544 e. The molecule has 0 aromatic heterocycles. The lowest BCUT2D eigenvalue weighted by molar-refractivity contribution is -0.141. The zero-order valence-corrected chi connectivity index (χ0v) is 19.0. The number of carbonyl (C=O) groups excluding carboxylic acids is 1. The SMILES string of the molecule is C=CCOC(=O)Cc1cccc(-c2ccc(O[Si](C)(C)C(C)(C)C)cc2)c1C. The van der Waals surface area contributed by atoms with Crippen molar-refractivity contribution in [3.8, 4) is 16.9 Å². The maximum Gasteiger partial charge on any atom is 0.310 e.